The zero-order valence-electron chi connectivity index (χ0n) is 22.8. The first kappa shape index (κ1) is 28.3. The van der Waals surface area contributed by atoms with E-state index in [0.717, 1.165) is 70.5 Å². The predicted molar refractivity (Wildman–Crippen MR) is 152 cm³/mol. The molecule has 2 aromatic rings. The highest BCUT2D eigenvalue weighted by Crippen LogP contribution is 2.29. The van der Waals surface area contributed by atoms with Gasteiger partial charge in [0.25, 0.3) is 5.91 Å². The van der Waals surface area contributed by atoms with Crippen molar-refractivity contribution in [2.45, 2.75) is 58.0 Å². The summed E-state index contributed by atoms with van der Waals surface area (Å²) in [5.74, 6) is 0.472. The number of nitrogen functional groups attached to an aromatic ring is 1. The van der Waals surface area contributed by atoms with Crippen LogP contribution in [0.4, 0.5) is 11.6 Å². The number of anilines is 2. The first-order valence-corrected chi connectivity index (χ1v) is 14.1. The molecule has 38 heavy (non-hydrogen) atoms. The number of aromatic nitrogens is 2. The number of ketones is 1. The largest absolute Gasteiger partial charge is 0.382 e. The maximum Gasteiger partial charge on any atom is 0.273 e. The second-order valence-electron chi connectivity index (χ2n) is 10.4. The Morgan fingerprint density at radius 3 is 2.47 bits per heavy atom. The molecule has 2 aliphatic rings. The molecule has 0 bridgehead atoms. The summed E-state index contributed by atoms with van der Waals surface area (Å²) in [5.41, 5.74) is 8.08. The SMILES string of the molecule is CC[C@H]1CN(c2nc(N)c(C(=O)NC)nc2Cl)CCN1C1CCN(CCCC(=O)c2ccc(C)cc2)CC1. The van der Waals surface area contributed by atoms with E-state index in [2.05, 4.69) is 36.9 Å². The highest BCUT2D eigenvalue weighted by atomic mass is 35.5. The van der Waals surface area contributed by atoms with Gasteiger partial charge in [0.05, 0.1) is 0 Å². The molecule has 3 heterocycles. The van der Waals surface area contributed by atoms with Crippen LogP contribution >= 0.6 is 11.6 Å². The van der Waals surface area contributed by atoms with Gasteiger partial charge >= 0.3 is 0 Å². The molecule has 1 aromatic carbocycles. The van der Waals surface area contributed by atoms with E-state index in [1.807, 2.05) is 31.2 Å². The molecule has 206 valence electrons. The van der Waals surface area contributed by atoms with Crippen molar-refractivity contribution in [1.82, 2.24) is 25.1 Å². The van der Waals surface area contributed by atoms with Crippen molar-refractivity contribution in [2.24, 2.45) is 0 Å². The van der Waals surface area contributed by atoms with Crippen LogP contribution in [-0.2, 0) is 0 Å². The number of aryl methyl sites for hydroxylation is 1. The number of Topliss-reactive ketones (excluding diaryl/α,β-unsaturated/α-hetero) is 1. The van der Waals surface area contributed by atoms with Gasteiger partial charge in [-0.3, -0.25) is 14.5 Å². The molecule has 2 fully saturated rings. The molecule has 0 radical (unpaired) electrons. The summed E-state index contributed by atoms with van der Waals surface area (Å²) in [6, 6.07) is 8.80. The third-order valence-corrected chi connectivity index (χ3v) is 8.14. The number of piperidine rings is 1. The number of nitrogens with zero attached hydrogens (tertiary/aromatic N) is 5. The number of halogens is 1. The summed E-state index contributed by atoms with van der Waals surface area (Å²) in [5, 5.41) is 2.72. The van der Waals surface area contributed by atoms with Crippen LogP contribution in [0.25, 0.3) is 0 Å². The summed E-state index contributed by atoms with van der Waals surface area (Å²) in [7, 11) is 1.52. The van der Waals surface area contributed by atoms with Gasteiger partial charge in [0.1, 0.15) is 0 Å². The molecule has 9 nitrogen and oxygen atoms in total. The first-order chi connectivity index (χ1) is 18.3. The highest BCUT2D eigenvalue weighted by Gasteiger charge is 2.34. The van der Waals surface area contributed by atoms with E-state index < -0.39 is 5.91 Å². The molecule has 4 rings (SSSR count). The summed E-state index contributed by atoms with van der Waals surface area (Å²) >= 11 is 6.44. The molecule has 0 aliphatic carbocycles. The first-order valence-electron chi connectivity index (χ1n) is 13.7. The van der Waals surface area contributed by atoms with E-state index in [0.29, 0.717) is 24.3 Å². The number of nitrogens with one attached hydrogen (secondary N) is 1. The lowest BCUT2D eigenvalue weighted by Crippen LogP contribution is -2.58. The molecule has 2 aliphatic heterocycles. The third kappa shape index (κ3) is 6.62. The standard InChI is InChI=1S/C28H40ClN7O2/c1-4-21-18-35(27-25(29)32-24(26(30)33-27)28(38)31-3)16-17-36(21)22-11-14-34(15-12-22)13-5-6-23(37)20-9-7-19(2)8-10-20/h7-10,21-22H,4-6,11-18H2,1-3H3,(H2,30,33)(H,31,38)/t21-/m0/s1. The van der Waals surface area contributed by atoms with E-state index >= 15 is 0 Å². The molecular weight excluding hydrogens is 502 g/mol. The maximum absolute atomic E-state index is 12.5. The van der Waals surface area contributed by atoms with Crippen LogP contribution in [0, 0.1) is 6.92 Å². The van der Waals surface area contributed by atoms with Gasteiger partial charge in [-0.25, -0.2) is 9.97 Å². The number of carbonyl (C=O) groups excluding carboxylic acids is 2. The summed E-state index contributed by atoms with van der Waals surface area (Å²) < 4.78 is 0. The summed E-state index contributed by atoms with van der Waals surface area (Å²) in [4.78, 5) is 40.4. The van der Waals surface area contributed by atoms with E-state index in [1.54, 1.807) is 0 Å². The average Bonchev–Trinajstić information content (AvgIpc) is 2.94. The molecule has 0 unspecified atom stereocenters. The quantitative estimate of drug-likeness (QED) is 0.465. The lowest BCUT2D eigenvalue weighted by Gasteiger charge is -2.47. The van der Waals surface area contributed by atoms with Crippen molar-refractivity contribution in [3.63, 3.8) is 0 Å². The molecular formula is C28H40ClN7O2. The lowest BCUT2D eigenvalue weighted by atomic mass is 9.98. The Bertz CT molecular complexity index is 1120. The second-order valence-corrected chi connectivity index (χ2v) is 10.7. The number of likely N-dealkylation sites (tertiary alicyclic amines) is 1. The number of hydrogen-bond acceptors (Lipinski definition) is 8. The van der Waals surface area contributed by atoms with Crippen LogP contribution in [0.2, 0.25) is 5.15 Å². The smallest absolute Gasteiger partial charge is 0.273 e. The molecule has 1 aromatic heterocycles. The number of benzene rings is 1. The average molecular weight is 542 g/mol. The highest BCUT2D eigenvalue weighted by molar-refractivity contribution is 6.32. The Kier molecular flexibility index (Phi) is 9.57. The fourth-order valence-electron chi connectivity index (χ4n) is 5.63. The van der Waals surface area contributed by atoms with Crippen LogP contribution in [0.3, 0.4) is 0 Å². The van der Waals surface area contributed by atoms with Gasteiger partial charge < -0.3 is 20.9 Å². The van der Waals surface area contributed by atoms with Gasteiger partial charge in [0, 0.05) is 50.7 Å². The van der Waals surface area contributed by atoms with Crippen molar-refractivity contribution >= 4 is 34.9 Å². The topological polar surface area (TPSA) is 108 Å². The van der Waals surface area contributed by atoms with Crippen LogP contribution < -0.4 is 16.0 Å². The van der Waals surface area contributed by atoms with Crippen molar-refractivity contribution in [2.75, 3.05) is 56.9 Å². The number of piperazine rings is 1. The Labute approximate surface area is 230 Å². The Hall–Kier alpha value is -2.75. The van der Waals surface area contributed by atoms with Crippen molar-refractivity contribution < 1.29 is 9.59 Å². The number of carbonyl (C=O) groups is 2. The zero-order valence-corrected chi connectivity index (χ0v) is 23.5. The molecule has 10 heteroatoms. The van der Waals surface area contributed by atoms with E-state index in [9.17, 15) is 9.59 Å². The Morgan fingerprint density at radius 2 is 1.82 bits per heavy atom. The lowest BCUT2D eigenvalue weighted by molar-refractivity contribution is 0.0624. The molecule has 1 atom stereocenters. The minimum absolute atomic E-state index is 0.0539. The monoisotopic (exact) mass is 541 g/mol. The zero-order chi connectivity index (χ0) is 27.2. The minimum atomic E-state index is -0.399. The van der Waals surface area contributed by atoms with Crippen LogP contribution in [0.5, 0.6) is 0 Å². The minimum Gasteiger partial charge on any atom is -0.382 e. The normalized spacial score (nSPS) is 19.5. The number of amides is 1. The maximum atomic E-state index is 12.5. The molecule has 2 saturated heterocycles. The van der Waals surface area contributed by atoms with E-state index in [1.165, 1.54) is 12.6 Å². The van der Waals surface area contributed by atoms with Crippen LogP contribution in [-0.4, -0.2) is 89.9 Å². The predicted octanol–water partition coefficient (Wildman–Crippen LogP) is 3.41. The van der Waals surface area contributed by atoms with Crippen molar-refractivity contribution in [1.29, 1.82) is 0 Å². The second kappa shape index (κ2) is 12.9. The van der Waals surface area contributed by atoms with Gasteiger partial charge in [-0.15, -0.1) is 0 Å². The molecule has 0 saturated carbocycles. The van der Waals surface area contributed by atoms with Gasteiger partial charge in [-0.1, -0.05) is 48.4 Å². The number of nitrogens with two attached hydrogens (primary N) is 1. The van der Waals surface area contributed by atoms with E-state index in [4.69, 9.17) is 17.3 Å². The van der Waals surface area contributed by atoms with Crippen molar-refractivity contribution in [3.05, 3.63) is 46.2 Å². The number of rotatable bonds is 9. The van der Waals surface area contributed by atoms with Gasteiger partial charge in [0.2, 0.25) is 0 Å². The Balaban J connectivity index is 1.26. The van der Waals surface area contributed by atoms with Crippen LogP contribution in [0.15, 0.2) is 24.3 Å². The summed E-state index contributed by atoms with van der Waals surface area (Å²) in [6.07, 6.45) is 4.79. The molecule has 0 spiro atoms. The molecule has 1 amide bonds. The fraction of sp³-hybridized carbons (Fsp3) is 0.571. The van der Waals surface area contributed by atoms with E-state index in [-0.39, 0.29) is 22.4 Å². The Morgan fingerprint density at radius 1 is 1.11 bits per heavy atom. The molecule has 3 N–H and O–H groups in total. The van der Waals surface area contributed by atoms with Gasteiger partial charge in [-0.2, -0.15) is 0 Å². The van der Waals surface area contributed by atoms with Gasteiger partial charge in [-0.05, 0) is 52.2 Å². The summed E-state index contributed by atoms with van der Waals surface area (Å²) in [6.45, 7) is 9.86. The van der Waals surface area contributed by atoms with Crippen molar-refractivity contribution in [3.8, 4) is 0 Å². The van der Waals surface area contributed by atoms with Gasteiger partial charge in [0.15, 0.2) is 28.3 Å². The number of hydrogen-bond donors (Lipinski definition) is 2. The fourth-order valence-corrected chi connectivity index (χ4v) is 5.88. The van der Waals surface area contributed by atoms with Crippen LogP contribution in [0.1, 0.15) is 65.4 Å². The third-order valence-electron chi connectivity index (χ3n) is 7.88.